The van der Waals surface area contributed by atoms with Crippen LogP contribution in [0.25, 0.3) is 5.69 Å². The van der Waals surface area contributed by atoms with Crippen LogP contribution >= 0.6 is 11.6 Å². The first-order valence-corrected chi connectivity index (χ1v) is 11.0. The van der Waals surface area contributed by atoms with Crippen molar-refractivity contribution in [2.24, 2.45) is 0 Å². The van der Waals surface area contributed by atoms with E-state index < -0.39 is 0 Å². The molecule has 31 heavy (non-hydrogen) atoms. The average molecular weight is 439 g/mol. The Morgan fingerprint density at radius 3 is 2.58 bits per heavy atom. The second-order valence-corrected chi connectivity index (χ2v) is 7.98. The summed E-state index contributed by atoms with van der Waals surface area (Å²) in [5.41, 5.74) is 2.81. The van der Waals surface area contributed by atoms with Crippen LogP contribution in [0.4, 0.5) is 5.82 Å². The number of aryl methyl sites for hydroxylation is 1. The van der Waals surface area contributed by atoms with Gasteiger partial charge in [-0.05, 0) is 43.3 Å². The number of piperazine rings is 1. The molecule has 4 rings (SSSR count). The van der Waals surface area contributed by atoms with Gasteiger partial charge in [-0.3, -0.25) is 4.79 Å². The Bertz CT molecular complexity index is 1040. The van der Waals surface area contributed by atoms with Crippen molar-refractivity contribution < 1.29 is 4.79 Å². The topological polar surface area (TPSA) is 66.3 Å². The molecular weight excluding hydrogens is 412 g/mol. The number of para-hydroxylation sites is 1. The van der Waals surface area contributed by atoms with Crippen molar-refractivity contribution in [3.63, 3.8) is 0 Å². The van der Waals surface area contributed by atoms with Crippen LogP contribution in [-0.4, -0.2) is 58.3 Å². The predicted octanol–water partition coefficient (Wildman–Crippen LogP) is 3.30. The number of aromatic nitrogens is 3. The number of hydrogen-bond donors (Lipinski definition) is 1. The Labute approximate surface area is 187 Å². The number of nitrogens with one attached hydrogen (secondary N) is 1. The Hall–Kier alpha value is -2.90. The Morgan fingerprint density at radius 2 is 1.87 bits per heavy atom. The number of hydrogen-bond acceptors (Lipinski definition) is 5. The molecule has 1 amide bonds. The third kappa shape index (κ3) is 4.73. The fourth-order valence-electron chi connectivity index (χ4n) is 3.80. The lowest BCUT2D eigenvalue weighted by atomic mass is 10.2. The minimum atomic E-state index is -0.236. The molecule has 0 atom stereocenters. The lowest BCUT2D eigenvalue weighted by Crippen LogP contribution is -2.46. The van der Waals surface area contributed by atoms with Crippen LogP contribution in [0.3, 0.4) is 0 Å². The SMILES string of the molecule is CCN1CCN(c2cc(CNC(=O)c3c(C)nn(-c4ccccc4)c3Cl)ccn2)CC1. The molecule has 0 bridgehead atoms. The normalized spacial score (nSPS) is 14.6. The van der Waals surface area contributed by atoms with Gasteiger partial charge in [0, 0.05) is 38.9 Å². The first-order valence-electron chi connectivity index (χ1n) is 10.6. The fraction of sp³-hybridized carbons (Fsp3) is 0.348. The zero-order valence-electron chi connectivity index (χ0n) is 17.9. The summed E-state index contributed by atoms with van der Waals surface area (Å²) in [4.78, 5) is 22.1. The van der Waals surface area contributed by atoms with Gasteiger partial charge in [0.25, 0.3) is 5.91 Å². The van der Waals surface area contributed by atoms with E-state index in [1.54, 1.807) is 17.8 Å². The lowest BCUT2D eigenvalue weighted by molar-refractivity contribution is 0.0950. The van der Waals surface area contributed by atoms with Crippen LogP contribution in [0.5, 0.6) is 0 Å². The van der Waals surface area contributed by atoms with Crippen molar-refractivity contribution in [3.05, 3.63) is 70.6 Å². The smallest absolute Gasteiger partial charge is 0.256 e. The van der Waals surface area contributed by atoms with E-state index in [0.717, 1.165) is 49.8 Å². The molecule has 2 aromatic heterocycles. The van der Waals surface area contributed by atoms with Gasteiger partial charge < -0.3 is 15.1 Å². The maximum absolute atomic E-state index is 12.9. The van der Waals surface area contributed by atoms with Crippen molar-refractivity contribution in [3.8, 4) is 5.69 Å². The van der Waals surface area contributed by atoms with Gasteiger partial charge >= 0.3 is 0 Å². The number of amides is 1. The molecule has 3 heterocycles. The van der Waals surface area contributed by atoms with E-state index in [1.165, 1.54) is 0 Å². The van der Waals surface area contributed by atoms with Gasteiger partial charge in [-0.1, -0.05) is 36.7 Å². The molecule has 1 N–H and O–H groups in total. The summed E-state index contributed by atoms with van der Waals surface area (Å²) in [5.74, 6) is 0.716. The van der Waals surface area contributed by atoms with Crippen molar-refractivity contribution >= 4 is 23.3 Å². The summed E-state index contributed by atoms with van der Waals surface area (Å²) in [5, 5.41) is 7.74. The van der Waals surface area contributed by atoms with Crippen LogP contribution in [0.2, 0.25) is 5.15 Å². The maximum atomic E-state index is 12.9. The summed E-state index contributed by atoms with van der Waals surface area (Å²) < 4.78 is 1.59. The Balaban J connectivity index is 1.43. The highest BCUT2D eigenvalue weighted by atomic mass is 35.5. The van der Waals surface area contributed by atoms with Gasteiger partial charge in [0.2, 0.25) is 0 Å². The molecule has 0 spiro atoms. The highest BCUT2D eigenvalue weighted by Crippen LogP contribution is 2.23. The minimum Gasteiger partial charge on any atom is -0.354 e. The number of nitrogens with zero attached hydrogens (tertiary/aromatic N) is 5. The first kappa shape index (κ1) is 21.3. The molecule has 0 radical (unpaired) electrons. The van der Waals surface area contributed by atoms with Gasteiger partial charge in [-0.2, -0.15) is 5.10 Å². The van der Waals surface area contributed by atoms with Gasteiger partial charge in [-0.25, -0.2) is 9.67 Å². The number of rotatable bonds is 6. The zero-order valence-corrected chi connectivity index (χ0v) is 18.6. The van der Waals surface area contributed by atoms with E-state index in [0.29, 0.717) is 23.0 Å². The van der Waals surface area contributed by atoms with Crippen molar-refractivity contribution in [1.82, 2.24) is 25.0 Å². The van der Waals surface area contributed by atoms with Crippen molar-refractivity contribution in [2.75, 3.05) is 37.6 Å². The van der Waals surface area contributed by atoms with Crippen molar-refractivity contribution in [1.29, 1.82) is 0 Å². The predicted molar refractivity (Wildman–Crippen MR) is 123 cm³/mol. The highest BCUT2D eigenvalue weighted by molar-refractivity contribution is 6.33. The highest BCUT2D eigenvalue weighted by Gasteiger charge is 2.21. The first-order chi connectivity index (χ1) is 15.1. The fourth-order valence-corrected chi connectivity index (χ4v) is 4.16. The molecule has 162 valence electrons. The minimum absolute atomic E-state index is 0.236. The molecule has 7 nitrogen and oxygen atoms in total. The van der Waals surface area contributed by atoms with Crippen LogP contribution in [0.15, 0.2) is 48.7 Å². The standard InChI is InChI=1S/C23H27ClN6O/c1-3-28-11-13-29(14-12-28)20-15-18(9-10-25-20)16-26-23(31)21-17(2)27-30(22(21)24)19-7-5-4-6-8-19/h4-10,15H,3,11-14,16H2,1-2H3,(H,26,31). The van der Waals surface area contributed by atoms with Crippen molar-refractivity contribution in [2.45, 2.75) is 20.4 Å². The maximum Gasteiger partial charge on any atom is 0.256 e. The second-order valence-electron chi connectivity index (χ2n) is 7.62. The number of anilines is 1. The van der Waals surface area contributed by atoms with Crippen LogP contribution in [0, 0.1) is 6.92 Å². The quantitative estimate of drug-likeness (QED) is 0.639. The third-order valence-corrected chi connectivity index (χ3v) is 5.99. The number of carbonyl (C=O) groups excluding carboxylic acids is 1. The summed E-state index contributed by atoms with van der Waals surface area (Å²) in [6, 6.07) is 13.5. The van der Waals surface area contributed by atoms with E-state index in [-0.39, 0.29) is 5.91 Å². The van der Waals surface area contributed by atoms with E-state index in [2.05, 4.69) is 32.1 Å². The molecule has 1 fully saturated rings. The molecule has 0 aliphatic carbocycles. The van der Waals surface area contributed by atoms with Gasteiger partial charge in [-0.15, -0.1) is 0 Å². The Kier molecular flexibility index (Phi) is 6.53. The van der Waals surface area contributed by atoms with Crippen LogP contribution in [-0.2, 0) is 6.54 Å². The number of halogens is 1. The Morgan fingerprint density at radius 1 is 1.13 bits per heavy atom. The zero-order chi connectivity index (χ0) is 21.8. The monoisotopic (exact) mass is 438 g/mol. The molecule has 3 aromatic rings. The van der Waals surface area contributed by atoms with Crippen LogP contribution < -0.4 is 10.2 Å². The van der Waals surface area contributed by atoms with Gasteiger partial charge in [0.15, 0.2) is 0 Å². The molecular formula is C23H27ClN6O. The number of benzene rings is 1. The van der Waals surface area contributed by atoms with E-state index >= 15 is 0 Å². The third-order valence-electron chi connectivity index (χ3n) is 5.64. The largest absolute Gasteiger partial charge is 0.354 e. The molecule has 1 aliphatic rings. The lowest BCUT2D eigenvalue weighted by Gasteiger charge is -2.34. The number of pyridine rings is 1. The number of likely N-dealkylation sites (N-methyl/N-ethyl adjacent to an activating group) is 1. The van der Waals surface area contributed by atoms with Gasteiger partial charge in [0.05, 0.1) is 16.9 Å². The molecule has 1 aromatic carbocycles. The van der Waals surface area contributed by atoms with Crippen LogP contribution in [0.1, 0.15) is 28.5 Å². The number of carbonyl (C=O) groups is 1. The van der Waals surface area contributed by atoms with E-state index in [4.69, 9.17) is 11.6 Å². The van der Waals surface area contributed by atoms with E-state index in [1.807, 2.05) is 42.5 Å². The molecule has 0 unspecified atom stereocenters. The summed E-state index contributed by atoms with van der Waals surface area (Å²) >= 11 is 6.51. The van der Waals surface area contributed by atoms with Gasteiger partial charge in [0.1, 0.15) is 11.0 Å². The molecule has 1 aliphatic heterocycles. The average Bonchev–Trinajstić information content (AvgIpc) is 3.12. The summed E-state index contributed by atoms with van der Waals surface area (Å²) in [7, 11) is 0. The second kappa shape index (κ2) is 9.49. The summed E-state index contributed by atoms with van der Waals surface area (Å²) in [6.45, 7) is 9.47. The van der Waals surface area contributed by atoms with E-state index in [9.17, 15) is 4.79 Å². The molecule has 8 heteroatoms. The molecule has 0 saturated carbocycles. The molecule has 1 saturated heterocycles. The summed E-state index contributed by atoms with van der Waals surface area (Å²) in [6.07, 6.45) is 1.80.